The predicted molar refractivity (Wildman–Crippen MR) is 75.6 cm³/mol. The molecule has 3 rings (SSSR count). The van der Waals surface area contributed by atoms with Gasteiger partial charge in [-0.25, -0.2) is 0 Å². The van der Waals surface area contributed by atoms with Crippen LogP contribution in [0.15, 0.2) is 52.1 Å². The summed E-state index contributed by atoms with van der Waals surface area (Å²) in [5.74, 6) is -0.00704. The molecular formula is C13H9BrN2OS. The highest BCUT2D eigenvalue weighted by atomic mass is 79.9. The maximum Gasteiger partial charge on any atom is 0.242 e. The number of thioether (sulfide) groups is 1. The van der Waals surface area contributed by atoms with E-state index in [1.807, 2.05) is 30.3 Å². The van der Waals surface area contributed by atoms with Crippen LogP contribution in [-0.4, -0.2) is 10.9 Å². The number of hydrogen-bond acceptors (Lipinski definition) is 3. The first-order chi connectivity index (χ1) is 8.75. The van der Waals surface area contributed by atoms with Crippen molar-refractivity contribution in [3.8, 4) is 0 Å². The first-order valence-corrected chi connectivity index (χ1v) is 7.09. The van der Waals surface area contributed by atoms with Gasteiger partial charge < -0.3 is 5.32 Å². The lowest BCUT2D eigenvalue weighted by molar-refractivity contribution is -0.115. The van der Waals surface area contributed by atoms with E-state index in [-0.39, 0.29) is 11.2 Å². The maximum atomic E-state index is 12.1. The van der Waals surface area contributed by atoms with E-state index in [1.165, 1.54) is 0 Å². The highest BCUT2D eigenvalue weighted by molar-refractivity contribution is 9.10. The van der Waals surface area contributed by atoms with Gasteiger partial charge in [-0.1, -0.05) is 12.1 Å². The summed E-state index contributed by atoms with van der Waals surface area (Å²) in [5.41, 5.74) is 1.78. The monoisotopic (exact) mass is 320 g/mol. The Kier molecular flexibility index (Phi) is 3.09. The Morgan fingerprint density at radius 1 is 1.28 bits per heavy atom. The average Bonchev–Trinajstić information content (AvgIpc) is 2.40. The second kappa shape index (κ2) is 4.74. The van der Waals surface area contributed by atoms with Crippen molar-refractivity contribution < 1.29 is 4.79 Å². The number of nitrogens with one attached hydrogen (secondary N) is 1. The van der Waals surface area contributed by atoms with Crippen LogP contribution in [0.1, 0.15) is 10.8 Å². The van der Waals surface area contributed by atoms with Crippen molar-refractivity contribution in [2.45, 2.75) is 10.1 Å². The van der Waals surface area contributed by atoms with Gasteiger partial charge in [0, 0.05) is 21.8 Å². The molecule has 0 aliphatic carbocycles. The second-order valence-corrected chi connectivity index (χ2v) is 5.89. The molecule has 1 amide bonds. The van der Waals surface area contributed by atoms with Crippen LogP contribution in [0.2, 0.25) is 0 Å². The van der Waals surface area contributed by atoms with Crippen LogP contribution in [0, 0.1) is 0 Å². The minimum Gasteiger partial charge on any atom is -0.323 e. The number of amides is 1. The molecule has 2 heterocycles. The molecule has 0 fully saturated rings. The molecular weight excluding hydrogens is 312 g/mol. The van der Waals surface area contributed by atoms with Crippen LogP contribution >= 0.6 is 27.7 Å². The first kappa shape index (κ1) is 11.7. The van der Waals surface area contributed by atoms with E-state index < -0.39 is 0 Å². The minimum absolute atomic E-state index is 0.00704. The first-order valence-electron chi connectivity index (χ1n) is 5.41. The van der Waals surface area contributed by atoms with E-state index in [2.05, 4.69) is 26.2 Å². The number of benzene rings is 1. The quantitative estimate of drug-likeness (QED) is 0.872. The summed E-state index contributed by atoms with van der Waals surface area (Å²) in [5, 5.41) is 2.71. The van der Waals surface area contributed by atoms with E-state index in [0.717, 1.165) is 20.6 Å². The number of para-hydroxylation sites is 1. The maximum absolute atomic E-state index is 12.1. The number of hydrogen-bond donors (Lipinski definition) is 1. The Balaban J connectivity index is 2.00. The van der Waals surface area contributed by atoms with E-state index in [9.17, 15) is 4.79 Å². The molecule has 1 aliphatic rings. The zero-order valence-electron chi connectivity index (χ0n) is 9.26. The van der Waals surface area contributed by atoms with Crippen LogP contribution in [0.4, 0.5) is 5.69 Å². The lowest BCUT2D eigenvalue weighted by Crippen LogP contribution is -2.23. The molecule has 0 spiro atoms. The Bertz CT molecular complexity index is 603. The van der Waals surface area contributed by atoms with Gasteiger partial charge in [0.05, 0.1) is 5.69 Å². The van der Waals surface area contributed by atoms with Crippen LogP contribution in [0.25, 0.3) is 0 Å². The molecule has 0 bridgehead atoms. The highest BCUT2D eigenvalue weighted by Crippen LogP contribution is 2.45. The van der Waals surface area contributed by atoms with Crippen molar-refractivity contribution in [2.75, 3.05) is 5.32 Å². The second-order valence-electron chi connectivity index (χ2n) is 3.89. The predicted octanol–water partition coefficient (Wildman–Crippen LogP) is 3.63. The highest BCUT2D eigenvalue weighted by Gasteiger charge is 2.29. The van der Waals surface area contributed by atoms with Gasteiger partial charge in [0.2, 0.25) is 5.91 Å². The molecule has 5 heteroatoms. The van der Waals surface area contributed by atoms with Gasteiger partial charge in [-0.05, 0) is 39.7 Å². The van der Waals surface area contributed by atoms with Gasteiger partial charge in [-0.15, -0.1) is 11.8 Å². The summed E-state index contributed by atoms with van der Waals surface area (Å²) in [6, 6.07) is 9.66. The Morgan fingerprint density at radius 2 is 2.17 bits per heavy atom. The van der Waals surface area contributed by atoms with Crippen LogP contribution < -0.4 is 5.32 Å². The van der Waals surface area contributed by atoms with Gasteiger partial charge in [0.1, 0.15) is 5.25 Å². The Morgan fingerprint density at radius 3 is 2.94 bits per heavy atom. The van der Waals surface area contributed by atoms with Crippen molar-refractivity contribution in [1.29, 1.82) is 0 Å². The van der Waals surface area contributed by atoms with E-state index in [0.29, 0.717) is 0 Å². The summed E-state index contributed by atoms with van der Waals surface area (Å²) in [4.78, 5) is 17.3. The average molecular weight is 321 g/mol. The third kappa shape index (κ3) is 2.04. The van der Waals surface area contributed by atoms with E-state index in [1.54, 1.807) is 24.2 Å². The third-order valence-corrected chi connectivity index (χ3v) is 4.67. The topological polar surface area (TPSA) is 42.0 Å². The molecule has 3 nitrogen and oxygen atoms in total. The Labute approximate surface area is 117 Å². The fraction of sp³-hybridized carbons (Fsp3) is 0.0769. The number of aromatic nitrogens is 1. The fourth-order valence-corrected chi connectivity index (χ4v) is 3.57. The zero-order valence-corrected chi connectivity index (χ0v) is 11.7. The minimum atomic E-state index is -0.236. The molecule has 2 aromatic rings. The molecule has 1 atom stereocenters. The van der Waals surface area contributed by atoms with Gasteiger partial charge in [-0.3, -0.25) is 9.78 Å². The van der Waals surface area contributed by atoms with Crippen LogP contribution in [0.3, 0.4) is 0 Å². The molecule has 0 saturated carbocycles. The number of carbonyl (C=O) groups excluding carboxylic acids is 1. The SMILES string of the molecule is O=C1Nc2c(Br)cccc2SC1c1cccnc1. The number of rotatable bonds is 1. The Hall–Kier alpha value is -1.33. The molecule has 18 heavy (non-hydrogen) atoms. The van der Waals surface area contributed by atoms with Crippen molar-refractivity contribution >= 4 is 39.3 Å². The summed E-state index contributed by atoms with van der Waals surface area (Å²) < 4.78 is 0.908. The van der Waals surface area contributed by atoms with Crippen LogP contribution in [0.5, 0.6) is 0 Å². The van der Waals surface area contributed by atoms with Crippen molar-refractivity contribution in [3.63, 3.8) is 0 Å². The standard InChI is InChI=1S/C13H9BrN2OS/c14-9-4-1-5-10-11(9)16-13(17)12(18-10)8-3-2-6-15-7-8/h1-7,12H,(H,16,17). The lowest BCUT2D eigenvalue weighted by atomic mass is 10.2. The largest absolute Gasteiger partial charge is 0.323 e. The molecule has 1 aromatic heterocycles. The molecule has 1 aromatic carbocycles. The number of nitrogens with zero attached hydrogens (tertiary/aromatic N) is 1. The van der Waals surface area contributed by atoms with E-state index in [4.69, 9.17) is 0 Å². The van der Waals surface area contributed by atoms with Crippen LogP contribution in [-0.2, 0) is 4.79 Å². The zero-order chi connectivity index (χ0) is 12.5. The number of pyridine rings is 1. The van der Waals surface area contributed by atoms with Gasteiger partial charge in [-0.2, -0.15) is 0 Å². The lowest BCUT2D eigenvalue weighted by Gasteiger charge is -2.24. The van der Waals surface area contributed by atoms with Crippen molar-refractivity contribution in [1.82, 2.24) is 4.98 Å². The molecule has 1 N–H and O–H groups in total. The molecule has 1 unspecified atom stereocenters. The molecule has 1 aliphatic heterocycles. The molecule has 90 valence electrons. The summed E-state index contributed by atoms with van der Waals surface area (Å²) >= 11 is 5.00. The summed E-state index contributed by atoms with van der Waals surface area (Å²) in [6.45, 7) is 0. The fourth-order valence-electron chi connectivity index (χ4n) is 1.84. The van der Waals surface area contributed by atoms with Gasteiger partial charge in [0.15, 0.2) is 0 Å². The van der Waals surface area contributed by atoms with Gasteiger partial charge in [0.25, 0.3) is 0 Å². The van der Waals surface area contributed by atoms with Gasteiger partial charge >= 0.3 is 0 Å². The molecule has 0 saturated heterocycles. The van der Waals surface area contributed by atoms with Crippen molar-refractivity contribution in [2.24, 2.45) is 0 Å². The summed E-state index contributed by atoms with van der Waals surface area (Å²) in [6.07, 6.45) is 3.44. The van der Waals surface area contributed by atoms with Crippen molar-refractivity contribution in [3.05, 3.63) is 52.8 Å². The number of fused-ring (bicyclic) bond motifs is 1. The number of anilines is 1. The third-order valence-electron chi connectivity index (χ3n) is 2.69. The number of carbonyl (C=O) groups is 1. The normalized spacial score (nSPS) is 18.1. The smallest absolute Gasteiger partial charge is 0.242 e. The summed E-state index contributed by atoms with van der Waals surface area (Å²) in [7, 11) is 0. The molecule has 0 radical (unpaired) electrons. The van der Waals surface area contributed by atoms with E-state index >= 15 is 0 Å². The number of halogens is 1.